The minimum atomic E-state index is -0.0531. The molecule has 0 bridgehead atoms. The van der Waals surface area contributed by atoms with Gasteiger partial charge in [0, 0.05) is 31.5 Å². The zero-order valence-electron chi connectivity index (χ0n) is 22.2. The van der Waals surface area contributed by atoms with Crippen molar-refractivity contribution in [3.8, 4) is 5.75 Å². The van der Waals surface area contributed by atoms with Gasteiger partial charge in [-0.05, 0) is 62.4 Å². The van der Waals surface area contributed by atoms with Gasteiger partial charge >= 0.3 is 0 Å². The molecule has 37 heavy (non-hydrogen) atoms. The van der Waals surface area contributed by atoms with Gasteiger partial charge in [0.2, 0.25) is 5.91 Å². The standard InChI is InChI=1S/C32H37N3O2/c1-23-14-16-28(17-15-23)37-22-30-33-31-24(2)9-7-13-29(31)35(30)20-18-25(3)32(36)34-19-8-12-27(21-34)26-10-5-4-6-11-26/h4-7,9-11,13-17,25,27H,8,12,18-22H2,1-3H3. The average molecular weight is 496 g/mol. The number of carbonyl (C=O) groups is 1. The molecule has 5 rings (SSSR count). The van der Waals surface area contributed by atoms with E-state index < -0.39 is 0 Å². The molecule has 3 aromatic carbocycles. The molecule has 2 heterocycles. The normalized spacial score (nSPS) is 16.6. The molecule has 0 N–H and O–H groups in total. The zero-order valence-corrected chi connectivity index (χ0v) is 22.2. The average Bonchev–Trinajstić information content (AvgIpc) is 3.30. The fourth-order valence-electron chi connectivity index (χ4n) is 5.41. The minimum Gasteiger partial charge on any atom is -0.486 e. The number of para-hydroxylation sites is 1. The van der Waals surface area contributed by atoms with Gasteiger partial charge in [-0.25, -0.2) is 4.98 Å². The van der Waals surface area contributed by atoms with Crippen molar-refractivity contribution >= 4 is 16.9 Å². The van der Waals surface area contributed by atoms with E-state index in [0.29, 0.717) is 12.5 Å². The number of fused-ring (bicyclic) bond motifs is 1. The van der Waals surface area contributed by atoms with Crippen LogP contribution in [0.2, 0.25) is 0 Å². The molecule has 0 saturated carbocycles. The Morgan fingerprint density at radius 2 is 1.81 bits per heavy atom. The number of carbonyl (C=O) groups excluding carboxylic acids is 1. The summed E-state index contributed by atoms with van der Waals surface area (Å²) in [6.45, 7) is 9.03. The highest BCUT2D eigenvalue weighted by atomic mass is 16.5. The minimum absolute atomic E-state index is 0.0531. The van der Waals surface area contributed by atoms with Crippen molar-refractivity contribution in [2.75, 3.05) is 13.1 Å². The number of rotatable bonds is 8. The molecule has 1 aliphatic heterocycles. The lowest BCUT2D eigenvalue weighted by atomic mass is 9.90. The van der Waals surface area contributed by atoms with Gasteiger partial charge < -0.3 is 14.2 Å². The number of likely N-dealkylation sites (tertiary alicyclic amines) is 1. The van der Waals surface area contributed by atoms with E-state index in [1.54, 1.807) is 0 Å². The summed E-state index contributed by atoms with van der Waals surface area (Å²) in [6, 6.07) is 25.0. The van der Waals surface area contributed by atoms with Crippen LogP contribution in [-0.4, -0.2) is 33.4 Å². The van der Waals surface area contributed by atoms with Crippen LogP contribution in [-0.2, 0) is 17.9 Å². The van der Waals surface area contributed by atoms with E-state index in [0.717, 1.165) is 67.1 Å². The van der Waals surface area contributed by atoms with E-state index in [1.807, 2.05) is 12.1 Å². The second-order valence-electron chi connectivity index (χ2n) is 10.4. The molecular formula is C32H37N3O2. The summed E-state index contributed by atoms with van der Waals surface area (Å²) in [5, 5.41) is 0. The lowest BCUT2D eigenvalue weighted by Crippen LogP contribution is -2.42. The smallest absolute Gasteiger partial charge is 0.225 e. The molecule has 0 aliphatic carbocycles. The van der Waals surface area contributed by atoms with Crippen molar-refractivity contribution in [2.45, 2.75) is 59.1 Å². The molecule has 0 radical (unpaired) electrons. The topological polar surface area (TPSA) is 47.4 Å². The first-order valence-corrected chi connectivity index (χ1v) is 13.5. The number of ether oxygens (including phenoxy) is 1. The molecule has 5 nitrogen and oxygen atoms in total. The highest BCUT2D eigenvalue weighted by molar-refractivity contribution is 5.80. The summed E-state index contributed by atoms with van der Waals surface area (Å²) in [5.74, 6) is 2.37. The summed E-state index contributed by atoms with van der Waals surface area (Å²) in [6.07, 6.45) is 2.97. The summed E-state index contributed by atoms with van der Waals surface area (Å²) >= 11 is 0. The Hall–Kier alpha value is -3.60. The Bertz CT molecular complexity index is 1340. The second kappa shape index (κ2) is 11.2. The Balaban J connectivity index is 1.28. The number of nitrogens with zero attached hydrogens (tertiary/aromatic N) is 3. The molecule has 5 heteroatoms. The van der Waals surface area contributed by atoms with Crippen LogP contribution in [0.1, 0.15) is 54.6 Å². The first kappa shape index (κ1) is 25.1. The van der Waals surface area contributed by atoms with Gasteiger partial charge in [-0.3, -0.25) is 4.79 Å². The number of hydrogen-bond donors (Lipinski definition) is 0. The van der Waals surface area contributed by atoms with Crippen LogP contribution in [0.15, 0.2) is 72.8 Å². The van der Waals surface area contributed by atoms with E-state index in [4.69, 9.17) is 9.72 Å². The molecule has 192 valence electrons. The molecule has 4 aromatic rings. The summed E-state index contributed by atoms with van der Waals surface area (Å²) in [4.78, 5) is 20.5. The highest BCUT2D eigenvalue weighted by Gasteiger charge is 2.27. The quantitative estimate of drug-likeness (QED) is 0.274. The Labute approximate surface area is 220 Å². The van der Waals surface area contributed by atoms with Crippen molar-refractivity contribution < 1.29 is 9.53 Å². The summed E-state index contributed by atoms with van der Waals surface area (Å²) in [5.41, 5.74) is 5.80. The van der Waals surface area contributed by atoms with Gasteiger partial charge in [-0.1, -0.05) is 67.1 Å². The number of imidazole rings is 1. The van der Waals surface area contributed by atoms with Crippen LogP contribution < -0.4 is 4.74 Å². The first-order chi connectivity index (χ1) is 18.0. The highest BCUT2D eigenvalue weighted by Crippen LogP contribution is 2.28. The fraction of sp³-hybridized carbons (Fsp3) is 0.375. The van der Waals surface area contributed by atoms with Crippen LogP contribution in [0.25, 0.3) is 11.0 Å². The fourth-order valence-corrected chi connectivity index (χ4v) is 5.41. The van der Waals surface area contributed by atoms with Crippen molar-refractivity contribution in [3.63, 3.8) is 0 Å². The molecule has 1 fully saturated rings. The Kier molecular flexibility index (Phi) is 7.59. The number of piperidine rings is 1. The van der Waals surface area contributed by atoms with E-state index >= 15 is 0 Å². The maximum absolute atomic E-state index is 13.5. The maximum Gasteiger partial charge on any atom is 0.225 e. The SMILES string of the molecule is Cc1ccc(OCc2nc3c(C)cccc3n2CCC(C)C(=O)N2CCCC(c3ccccc3)C2)cc1. The predicted molar refractivity (Wildman–Crippen MR) is 149 cm³/mol. The van der Waals surface area contributed by atoms with Gasteiger partial charge in [0.25, 0.3) is 0 Å². The number of hydrogen-bond acceptors (Lipinski definition) is 3. The van der Waals surface area contributed by atoms with Crippen LogP contribution >= 0.6 is 0 Å². The maximum atomic E-state index is 13.5. The molecule has 2 atom stereocenters. The number of aryl methyl sites for hydroxylation is 3. The Morgan fingerprint density at radius 3 is 2.59 bits per heavy atom. The van der Waals surface area contributed by atoms with E-state index in [1.165, 1.54) is 11.1 Å². The van der Waals surface area contributed by atoms with Gasteiger partial charge in [-0.15, -0.1) is 0 Å². The van der Waals surface area contributed by atoms with Crippen LogP contribution in [0.5, 0.6) is 5.75 Å². The van der Waals surface area contributed by atoms with E-state index in [-0.39, 0.29) is 11.8 Å². The molecule has 2 unspecified atom stereocenters. The van der Waals surface area contributed by atoms with E-state index in [2.05, 4.69) is 90.9 Å². The van der Waals surface area contributed by atoms with Crippen molar-refractivity contribution in [3.05, 3.63) is 95.3 Å². The lowest BCUT2D eigenvalue weighted by Gasteiger charge is -2.34. The first-order valence-electron chi connectivity index (χ1n) is 13.5. The number of aromatic nitrogens is 2. The molecular weight excluding hydrogens is 458 g/mol. The zero-order chi connectivity index (χ0) is 25.8. The van der Waals surface area contributed by atoms with Crippen molar-refractivity contribution in [1.82, 2.24) is 14.5 Å². The van der Waals surface area contributed by atoms with Gasteiger partial charge in [0.15, 0.2) is 0 Å². The third kappa shape index (κ3) is 5.71. The summed E-state index contributed by atoms with van der Waals surface area (Å²) in [7, 11) is 0. The molecule has 1 aromatic heterocycles. The summed E-state index contributed by atoms with van der Waals surface area (Å²) < 4.78 is 8.34. The monoisotopic (exact) mass is 495 g/mol. The third-order valence-corrected chi connectivity index (χ3v) is 7.66. The van der Waals surface area contributed by atoms with Crippen LogP contribution in [0.3, 0.4) is 0 Å². The number of benzene rings is 3. The third-order valence-electron chi connectivity index (χ3n) is 7.66. The van der Waals surface area contributed by atoms with Crippen LogP contribution in [0, 0.1) is 19.8 Å². The molecule has 1 aliphatic rings. The Morgan fingerprint density at radius 1 is 1.03 bits per heavy atom. The van der Waals surface area contributed by atoms with Crippen molar-refractivity contribution in [1.29, 1.82) is 0 Å². The largest absolute Gasteiger partial charge is 0.486 e. The molecule has 1 saturated heterocycles. The van der Waals surface area contributed by atoms with E-state index in [9.17, 15) is 4.79 Å². The van der Waals surface area contributed by atoms with Gasteiger partial charge in [0.1, 0.15) is 18.2 Å². The van der Waals surface area contributed by atoms with Crippen LogP contribution in [0.4, 0.5) is 0 Å². The predicted octanol–water partition coefficient (Wildman–Crippen LogP) is 6.66. The number of amides is 1. The van der Waals surface area contributed by atoms with Crippen molar-refractivity contribution in [2.24, 2.45) is 5.92 Å². The second-order valence-corrected chi connectivity index (χ2v) is 10.4. The lowest BCUT2D eigenvalue weighted by molar-refractivity contribution is -0.136. The molecule has 0 spiro atoms. The molecule has 1 amide bonds. The van der Waals surface area contributed by atoms with Gasteiger partial charge in [-0.2, -0.15) is 0 Å². The van der Waals surface area contributed by atoms with Gasteiger partial charge in [0.05, 0.1) is 11.0 Å².